The van der Waals surface area contributed by atoms with E-state index in [1.54, 1.807) is 0 Å². The van der Waals surface area contributed by atoms with E-state index in [0.717, 1.165) is 19.0 Å². The van der Waals surface area contributed by atoms with Crippen LogP contribution in [-0.2, 0) is 0 Å². The van der Waals surface area contributed by atoms with E-state index in [1.165, 1.54) is 19.4 Å². The standard InChI is InChI=1S/C13H28N4/c1-13(2)8-7-10-17(13)11-9-14-12(15(3)4)16(5)6/h7-11H2,1-6H3. The van der Waals surface area contributed by atoms with E-state index in [4.69, 9.17) is 0 Å². The van der Waals surface area contributed by atoms with Crippen molar-refractivity contribution in [3.8, 4) is 0 Å². The van der Waals surface area contributed by atoms with Crippen LogP contribution in [0.1, 0.15) is 26.7 Å². The Morgan fingerprint density at radius 3 is 2.18 bits per heavy atom. The molecule has 0 saturated carbocycles. The maximum atomic E-state index is 4.68. The molecule has 0 aliphatic carbocycles. The highest BCUT2D eigenvalue weighted by Gasteiger charge is 2.30. The van der Waals surface area contributed by atoms with Gasteiger partial charge in [0, 0.05) is 40.3 Å². The third kappa shape index (κ3) is 3.87. The maximum absolute atomic E-state index is 4.68. The van der Waals surface area contributed by atoms with Gasteiger partial charge in [0.2, 0.25) is 0 Å². The van der Waals surface area contributed by atoms with Crippen LogP contribution in [0.2, 0.25) is 0 Å². The van der Waals surface area contributed by atoms with Crippen LogP contribution >= 0.6 is 0 Å². The summed E-state index contributed by atoms with van der Waals surface area (Å²) >= 11 is 0. The summed E-state index contributed by atoms with van der Waals surface area (Å²) in [6.45, 7) is 7.85. The van der Waals surface area contributed by atoms with E-state index in [9.17, 15) is 0 Å². The van der Waals surface area contributed by atoms with Gasteiger partial charge in [0.25, 0.3) is 0 Å². The molecule has 1 fully saturated rings. The molecule has 0 radical (unpaired) electrons. The SMILES string of the molecule is CN(C)C(=NCCN1CCCC1(C)C)N(C)C. The van der Waals surface area contributed by atoms with Crippen molar-refractivity contribution >= 4 is 5.96 Å². The molecule has 4 heteroatoms. The Bertz CT molecular complexity index is 259. The van der Waals surface area contributed by atoms with Crippen LogP contribution in [0.25, 0.3) is 0 Å². The molecule has 100 valence electrons. The van der Waals surface area contributed by atoms with Gasteiger partial charge in [-0.1, -0.05) is 0 Å². The van der Waals surface area contributed by atoms with Crippen molar-refractivity contribution in [3.05, 3.63) is 0 Å². The Morgan fingerprint density at radius 1 is 1.18 bits per heavy atom. The number of likely N-dealkylation sites (tertiary alicyclic amines) is 1. The minimum Gasteiger partial charge on any atom is -0.349 e. The molecule has 0 aromatic rings. The summed E-state index contributed by atoms with van der Waals surface area (Å²) in [5.74, 6) is 1.04. The molecular formula is C13H28N4. The lowest BCUT2D eigenvalue weighted by Crippen LogP contribution is -2.40. The molecule has 0 unspecified atom stereocenters. The fraction of sp³-hybridized carbons (Fsp3) is 0.923. The first-order valence-corrected chi connectivity index (χ1v) is 6.49. The predicted octanol–water partition coefficient (Wildman–Crippen LogP) is 1.34. The van der Waals surface area contributed by atoms with Gasteiger partial charge in [-0.3, -0.25) is 9.89 Å². The van der Waals surface area contributed by atoms with Crippen molar-refractivity contribution in [1.82, 2.24) is 14.7 Å². The molecule has 1 saturated heterocycles. The number of aliphatic imine (C=N–C) groups is 1. The van der Waals surface area contributed by atoms with Crippen molar-refractivity contribution in [2.45, 2.75) is 32.2 Å². The summed E-state index contributed by atoms with van der Waals surface area (Å²) in [5.41, 5.74) is 0.367. The van der Waals surface area contributed by atoms with E-state index in [2.05, 4.69) is 33.5 Å². The molecule has 0 bridgehead atoms. The Morgan fingerprint density at radius 2 is 1.76 bits per heavy atom. The molecule has 0 atom stereocenters. The van der Waals surface area contributed by atoms with E-state index >= 15 is 0 Å². The second-order valence-corrected chi connectivity index (χ2v) is 5.87. The van der Waals surface area contributed by atoms with Crippen LogP contribution in [0.5, 0.6) is 0 Å². The summed E-state index contributed by atoms with van der Waals surface area (Å²) in [6, 6.07) is 0. The highest BCUT2D eigenvalue weighted by molar-refractivity contribution is 5.79. The zero-order valence-corrected chi connectivity index (χ0v) is 12.3. The van der Waals surface area contributed by atoms with Crippen LogP contribution in [0.15, 0.2) is 4.99 Å². The Labute approximate surface area is 106 Å². The first-order chi connectivity index (χ1) is 7.84. The van der Waals surface area contributed by atoms with Crippen molar-refractivity contribution in [2.75, 3.05) is 47.8 Å². The Balaban J connectivity index is 2.48. The van der Waals surface area contributed by atoms with Gasteiger partial charge in [0.05, 0.1) is 6.54 Å². The lowest BCUT2D eigenvalue weighted by atomic mass is 10.0. The van der Waals surface area contributed by atoms with Gasteiger partial charge in [0.15, 0.2) is 5.96 Å². The topological polar surface area (TPSA) is 22.1 Å². The van der Waals surface area contributed by atoms with Gasteiger partial charge in [0.1, 0.15) is 0 Å². The van der Waals surface area contributed by atoms with Crippen molar-refractivity contribution in [3.63, 3.8) is 0 Å². The number of guanidine groups is 1. The monoisotopic (exact) mass is 240 g/mol. The van der Waals surface area contributed by atoms with Crippen molar-refractivity contribution in [2.24, 2.45) is 4.99 Å². The van der Waals surface area contributed by atoms with Crippen molar-refractivity contribution in [1.29, 1.82) is 0 Å². The fourth-order valence-corrected chi connectivity index (χ4v) is 2.53. The lowest BCUT2D eigenvalue weighted by Gasteiger charge is -2.31. The predicted molar refractivity (Wildman–Crippen MR) is 74.6 cm³/mol. The average molecular weight is 240 g/mol. The highest BCUT2D eigenvalue weighted by atomic mass is 15.3. The molecule has 1 aliphatic heterocycles. The van der Waals surface area contributed by atoms with Gasteiger partial charge < -0.3 is 9.80 Å². The second kappa shape index (κ2) is 5.71. The zero-order chi connectivity index (χ0) is 13.1. The summed E-state index contributed by atoms with van der Waals surface area (Å²) in [5, 5.41) is 0. The summed E-state index contributed by atoms with van der Waals surface area (Å²) in [4.78, 5) is 11.4. The molecule has 4 nitrogen and oxygen atoms in total. The molecule has 1 heterocycles. The summed E-state index contributed by atoms with van der Waals surface area (Å²) in [7, 11) is 8.16. The lowest BCUT2D eigenvalue weighted by molar-refractivity contribution is 0.180. The van der Waals surface area contributed by atoms with Crippen LogP contribution in [0, 0.1) is 0 Å². The van der Waals surface area contributed by atoms with Gasteiger partial charge in [-0.2, -0.15) is 0 Å². The van der Waals surface area contributed by atoms with Crippen LogP contribution in [-0.4, -0.2) is 74.0 Å². The van der Waals surface area contributed by atoms with Crippen LogP contribution < -0.4 is 0 Å². The Hall–Kier alpha value is -0.770. The van der Waals surface area contributed by atoms with Gasteiger partial charge in [-0.25, -0.2) is 0 Å². The third-order valence-corrected chi connectivity index (χ3v) is 3.50. The highest BCUT2D eigenvalue weighted by Crippen LogP contribution is 2.27. The minimum atomic E-state index is 0.367. The molecule has 17 heavy (non-hydrogen) atoms. The van der Waals surface area contributed by atoms with Gasteiger partial charge in [-0.15, -0.1) is 0 Å². The van der Waals surface area contributed by atoms with Crippen LogP contribution in [0.4, 0.5) is 0 Å². The number of rotatable bonds is 3. The van der Waals surface area contributed by atoms with E-state index in [-0.39, 0.29) is 0 Å². The number of hydrogen-bond donors (Lipinski definition) is 0. The van der Waals surface area contributed by atoms with E-state index in [1.807, 2.05) is 28.2 Å². The van der Waals surface area contributed by atoms with E-state index in [0.29, 0.717) is 5.54 Å². The van der Waals surface area contributed by atoms with Crippen LogP contribution in [0.3, 0.4) is 0 Å². The molecule has 0 aromatic heterocycles. The Kier molecular flexibility index (Phi) is 4.80. The maximum Gasteiger partial charge on any atom is 0.195 e. The first-order valence-electron chi connectivity index (χ1n) is 6.49. The largest absolute Gasteiger partial charge is 0.349 e. The third-order valence-electron chi connectivity index (χ3n) is 3.50. The van der Waals surface area contributed by atoms with E-state index < -0.39 is 0 Å². The van der Waals surface area contributed by atoms with Gasteiger partial charge in [-0.05, 0) is 33.2 Å². The smallest absolute Gasteiger partial charge is 0.195 e. The van der Waals surface area contributed by atoms with Gasteiger partial charge >= 0.3 is 0 Å². The molecule has 0 spiro atoms. The first kappa shape index (κ1) is 14.3. The zero-order valence-electron chi connectivity index (χ0n) is 12.3. The van der Waals surface area contributed by atoms with Crippen molar-refractivity contribution < 1.29 is 0 Å². The summed E-state index contributed by atoms with van der Waals surface area (Å²) in [6.07, 6.45) is 2.63. The molecule has 0 aromatic carbocycles. The minimum absolute atomic E-state index is 0.367. The quantitative estimate of drug-likeness (QED) is 0.549. The second-order valence-electron chi connectivity index (χ2n) is 5.87. The average Bonchev–Trinajstić information content (AvgIpc) is 2.51. The molecular weight excluding hydrogens is 212 g/mol. The summed E-state index contributed by atoms with van der Waals surface area (Å²) < 4.78 is 0. The molecule has 1 aliphatic rings. The fourth-order valence-electron chi connectivity index (χ4n) is 2.53. The number of hydrogen-bond acceptors (Lipinski definition) is 2. The molecule has 0 N–H and O–H groups in total. The molecule has 1 rings (SSSR count). The molecule has 0 amide bonds. The normalized spacial score (nSPS) is 19.2. The number of nitrogens with zero attached hydrogens (tertiary/aromatic N) is 4.